The first-order valence-electron chi connectivity index (χ1n) is 9.38. The molecule has 1 aliphatic rings. The fourth-order valence-corrected chi connectivity index (χ4v) is 4.04. The average molecular weight is 490 g/mol. The highest BCUT2D eigenvalue weighted by molar-refractivity contribution is 6.44. The first-order chi connectivity index (χ1) is 14.3. The molecule has 0 unspecified atom stereocenters. The van der Waals surface area contributed by atoms with Crippen LogP contribution in [0, 0.1) is 0 Å². The predicted molar refractivity (Wildman–Crippen MR) is 120 cm³/mol. The summed E-state index contributed by atoms with van der Waals surface area (Å²) < 4.78 is 5.51. The molecule has 3 rings (SSSR count). The summed E-state index contributed by atoms with van der Waals surface area (Å²) in [4.78, 5) is 29.0. The molecule has 2 aromatic carbocycles. The van der Waals surface area contributed by atoms with E-state index in [0.29, 0.717) is 48.3 Å². The van der Waals surface area contributed by atoms with Crippen LogP contribution in [-0.4, -0.2) is 60.5 Å². The molecular weight excluding hydrogens is 470 g/mol. The summed E-state index contributed by atoms with van der Waals surface area (Å²) in [6, 6.07) is 9.87. The maximum atomic E-state index is 12.7. The van der Waals surface area contributed by atoms with Gasteiger partial charge in [-0.15, -0.1) is 0 Å². The van der Waals surface area contributed by atoms with E-state index in [1.807, 2.05) is 6.92 Å². The number of halogens is 4. The number of piperazine rings is 1. The third kappa shape index (κ3) is 5.40. The van der Waals surface area contributed by atoms with Crippen molar-refractivity contribution in [2.45, 2.75) is 13.0 Å². The standard InChI is InChI=1S/C21H20Cl4N2O3/c1-13(30-21(29)15-5-3-7-17(23)19(15)25)12-26-8-10-27(11-9-26)20(28)14-4-2-6-16(22)18(14)24/h2-7,13H,8-12H2,1H3/t13-/m0/s1. The number of hydrogen-bond donors (Lipinski definition) is 0. The molecule has 160 valence electrons. The number of amides is 1. The molecule has 0 radical (unpaired) electrons. The molecule has 1 aliphatic heterocycles. The second-order valence-corrected chi connectivity index (χ2v) is 8.58. The number of carbonyl (C=O) groups is 2. The van der Waals surface area contributed by atoms with Gasteiger partial charge in [-0.2, -0.15) is 0 Å². The molecule has 1 heterocycles. The third-order valence-electron chi connectivity index (χ3n) is 4.84. The van der Waals surface area contributed by atoms with Crippen molar-refractivity contribution in [2.75, 3.05) is 32.7 Å². The van der Waals surface area contributed by atoms with E-state index in [1.54, 1.807) is 41.3 Å². The van der Waals surface area contributed by atoms with Gasteiger partial charge in [0.2, 0.25) is 0 Å². The van der Waals surface area contributed by atoms with Gasteiger partial charge in [-0.25, -0.2) is 4.79 Å². The number of hydrogen-bond acceptors (Lipinski definition) is 4. The number of ether oxygens (including phenoxy) is 1. The van der Waals surface area contributed by atoms with E-state index < -0.39 is 5.97 Å². The molecule has 0 saturated carbocycles. The van der Waals surface area contributed by atoms with Crippen LogP contribution >= 0.6 is 46.4 Å². The topological polar surface area (TPSA) is 49.9 Å². The SMILES string of the molecule is C[C@@H](CN1CCN(C(=O)c2cccc(Cl)c2Cl)CC1)OC(=O)c1cccc(Cl)c1Cl. The second-order valence-electron chi connectivity index (χ2n) is 7.01. The molecule has 0 N–H and O–H groups in total. The minimum absolute atomic E-state index is 0.141. The maximum Gasteiger partial charge on any atom is 0.340 e. The van der Waals surface area contributed by atoms with Gasteiger partial charge >= 0.3 is 5.97 Å². The van der Waals surface area contributed by atoms with Gasteiger partial charge in [-0.3, -0.25) is 9.69 Å². The molecule has 9 heteroatoms. The van der Waals surface area contributed by atoms with Gasteiger partial charge in [0, 0.05) is 32.7 Å². The Kier molecular flexibility index (Phi) is 7.88. The first kappa shape index (κ1) is 23.2. The Morgan fingerprint density at radius 2 is 1.43 bits per heavy atom. The van der Waals surface area contributed by atoms with E-state index in [-0.39, 0.29) is 27.6 Å². The quantitative estimate of drug-likeness (QED) is 0.534. The minimum Gasteiger partial charge on any atom is -0.458 e. The number of benzene rings is 2. The van der Waals surface area contributed by atoms with Gasteiger partial charge in [0.05, 0.1) is 31.2 Å². The lowest BCUT2D eigenvalue weighted by Crippen LogP contribution is -2.50. The summed E-state index contributed by atoms with van der Waals surface area (Å²) in [5, 5.41) is 1.12. The van der Waals surface area contributed by atoms with Gasteiger partial charge in [-0.05, 0) is 31.2 Å². The van der Waals surface area contributed by atoms with E-state index in [2.05, 4.69) is 4.90 Å². The Morgan fingerprint density at radius 3 is 2.03 bits per heavy atom. The van der Waals surface area contributed by atoms with Crippen molar-refractivity contribution in [3.8, 4) is 0 Å². The smallest absolute Gasteiger partial charge is 0.340 e. The zero-order valence-electron chi connectivity index (χ0n) is 16.2. The summed E-state index contributed by atoms with van der Waals surface area (Å²) in [5.74, 6) is -0.656. The Balaban J connectivity index is 1.52. The van der Waals surface area contributed by atoms with E-state index >= 15 is 0 Å². The van der Waals surface area contributed by atoms with Crippen LogP contribution in [-0.2, 0) is 4.74 Å². The Morgan fingerprint density at radius 1 is 0.900 bits per heavy atom. The van der Waals surface area contributed by atoms with Crippen molar-refractivity contribution in [2.24, 2.45) is 0 Å². The van der Waals surface area contributed by atoms with Gasteiger partial charge in [-0.1, -0.05) is 58.5 Å². The van der Waals surface area contributed by atoms with Crippen molar-refractivity contribution in [3.63, 3.8) is 0 Å². The molecule has 5 nitrogen and oxygen atoms in total. The van der Waals surface area contributed by atoms with E-state index in [9.17, 15) is 9.59 Å². The minimum atomic E-state index is -0.514. The summed E-state index contributed by atoms with van der Waals surface area (Å²) in [6.45, 7) is 4.77. The van der Waals surface area contributed by atoms with Crippen LogP contribution in [0.4, 0.5) is 0 Å². The molecule has 30 heavy (non-hydrogen) atoms. The summed E-state index contributed by atoms with van der Waals surface area (Å²) >= 11 is 24.2. The molecule has 1 fully saturated rings. The second kappa shape index (κ2) is 10.2. The molecule has 0 aliphatic carbocycles. The van der Waals surface area contributed by atoms with Crippen molar-refractivity contribution < 1.29 is 14.3 Å². The molecule has 2 aromatic rings. The molecule has 0 spiro atoms. The lowest BCUT2D eigenvalue weighted by atomic mass is 10.1. The average Bonchev–Trinajstić information content (AvgIpc) is 2.72. The Labute approximate surface area is 195 Å². The lowest BCUT2D eigenvalue weighted by molar-refractivity contribution is 0.0197. The largest absolute Gasteiger partial charge is 0.458 e. The first-order valence-corrected chi connectivity index (χ1v) is 10.9. The fraction of sp³-hybridized carbons (Fsp3) is 0.333. The molecule has 1 saturated heterocycles. The molecular formula is C21H20Cl4N2O3. The van der Waals surface area contributed by atoms with Crippen molar-refractivity contribution in [1.29, 1.82) is 0 Å². The van der Waals surface area contributed by atoms with Gasteiger partial charge in [0.15, 0.2) is 0 Å². The zero-order valence-corrected chi connectivity index (χ0v) is 19.2. The third-order valence-corrected chi connectivity index (χ3v) is 6.47. The van der Waals surface area contributed by atoms with Crippen LogP contribution in [0.1, 0.15) is 27.6 Å². The zero-order chi connectivity index (χ0) is 21.8. The number of esters is 1. The van der Waals surface area contributed by atoms with Crippen LogP contribution in [0.5, 0.6) is 0 Å². The van der Waals surface area contributed by atoms with Crippen molar-refractivity contribution in [1.82, 2.24) is 9.80 Å². The van der Waals surface area contributed by atoms with E-state index in [1.165, 1.54) is 0 Å². The van der Waals surface area contributed by atoms with Gasteiger partial charge < -0.3 is 9.64 Å². The summed E-state index contributed by atoms with van der Waals surface area (Å²) in [5.41, 5.74) is 0.642. The highest BCUT2D eigenvalue weighted by Gasteiger charge is 2.26. The predicted octanol–water partition coefficient (Wildman–Crippen LogP) is 5.30. The lowest BCUT2D eigenvalue weighted by Gasteiger charge is -2.36. The maximum absolute atomic E-state index is 12.7. The number of rotatable bonds is 5. The van der Waals surface area contributed by atoms with Crippen molar-refractivity contribution in [3.05, 3.63) is 67.6 Å². The van der Waals surface area contributed by atoms with Crippen LogP contribution in [0.25, 0.3) is 0 Å². The fourth-order valence-electron chi connectivity index (χ4n) is 3.28. The summed E-state index contributed by atoms with van der Waals surface area (Å²) in [7, 11) is 0. The highest BCUT2D eigenvalue weighted by Crippen LogP contribution is 2.27. The Hall–Kier alpha value is -1.50. The molecule has 1 amide bonds. The molecule has 1 atom stereocenters. The van der Waals surface area contributed by atoms with Crippen molar-refractivity contribution >= 4 is 58.3 Å². The normalized spacial score (nSPS) is 15.7. The van der Waals surface area contributed by atoms with Gasteiger partial charge in [0.1, 0.15) is 6.10 Å². The van der Waals surface area contributed by atoms with Gasteiger partial charge in [0.25, 0.3) is 5.91 Å². The monoisotopic (exact) mass is 488 g/mol. The van der Waals surface area contributed by atoms with E-state index in [0.717, 1.165) is 0 Å². The highest BCUT2D eigenvalue weighted by atomic mass is 35.5. The number of nitrogens with zero attached hydrogens (tertiary/aromatic N) is 2. The van der Waals surface area contributed by atoms with Crippen LogP contribution in [0.3, 0.4) is 0 Å². The summed E-state index contributed by atoms with van der Waals surface area (Å²) in [6.07, 6.45) is -0.350. The number of carbonyl (C=O) groups excluding carboxylic acids is 2. The van der Waals surface area contributed by atoms with Crippen LogP contribution in [0.15, 0.2) is 36.4 Å². The molecule has 0 bridgehead atoms. The molecule has 0 aromatic heterocycles. The van der Waals surface area contributed by atoms with Crippen LogP contribution in [0.2, 0.25) is 20.1 Å². The van der Waals surface area contributed by atoms with E-state index in [4.69, 9.17) is 51.1 Å². The Bertz CT molecular complexity index is 946. The van der Waals surface area contributed by atoms with Crippen LogP contribution < -0.4 is 0 Å².